The average Bonchev–Trinajstić information content (AvgIpc) is 3.23. The summed E-state index contributed by atoms with van der Waals surface area (Å²) in [5.74, 6) is 0.354. The molecule has 0 unspecified atom stereocenters. The summed E-state index contributed by atoms with van der Waals surface area (Å²) in [6, 6.07) is 7.37. The number of carbonyl (C=O) groups is 1. The summed E-state index contributed by atoms with van der Waals surface area (Å²) >= 11 is 6.00. The highest BCUT2D eigenvalue weighted by molar-refractivity contribution is 6.29. The average molecular weight is 450 g/mol. The summed E-state index contributed by atoms with van der Waals surface area (Å²) in [5, 5.41) is 4.57. The topological polar surface area (TPSA) is 81.4 Å². The van der Waals surface area contributed by atoms with Gasteiger partial charge < -0.3 is 10.1 Å². The van der Waals surface area contributed by atoms with Crippen LogP contribution in [0.5, 0.6) is 0 Å². The van der Waals surface area contributed by atoms with Crippen molar-refractivity contribution in [1.29, 1.82) is 0 Å². The van der Waals surface area contributed by atoms with E-state index in [1.165, 1.54) is 7.11 Å². The first kappa shape index (κ1) is 21.8. The fraction of sp³-hybridized carbons (Fsp3) is 0.250. The molecule has 0 aliphatic rings. The van der Waals surface area contributed by atoms with E-state index in [0.717, 1.165) is 45.6 Å². The van der Waals surface area contributed by atoms with E-state index in [-0.39, 0.29) is 16.9 Å². The van der Waals surface area contributed by atoms with Crippen molar-refractivity contribution in [1.82, 2.24) is 19.4 Å². The minimum atomic E-state index is -0.557. The molecule has 0 aliphatic heterocycles. The van der Waals surface area contributed by atoms with E-state index in [4.69, 9.17) is 26.3 Å². The first-order chi connectivity index (χ1) is 15.4. The predicted octanol–water partition coefficient (Wildman–Crippen LogP) is 5.40. The van der Waals surface area contributed by atoms with Gasteiger partial charge in [-0.25, -0.2) is 19.7 Å². The second-order valence-corrected chi connectivity index (χ2v) is 7.97. The minimum absolute atomic E-state index is 0.136. The second kappa shape index (κ2) is 8.59. The summed E-state index contributed by atoms with van der Waals surface area (Å²) in [7, 11) is 1.32. The summed E-state index contributed by atoms with van der Waals surface area (Å²) in [5.41, 5.74) is 5.27. The molecule has 0 saturated heterocycles. The van der Waals surface area contributed by atoms with Crippen molar-refractivity contribution >= 4 is 45.9 Å². The van der Waals surface area contributed by atoms with Crippen LogP contribution in [0.4, 0.5) is 5.69 Å². The number of halogens is 1. The molecule has 4 rings (SSSR count). The van der Waals surface area contributed by atoms with Crippen molar-refractivity contribution in [3.05, 3.63) is 70.5 Å². The number of hydrogen-bond acceptors (Lipinski definition) is 6. The molecule has 3 aromatic heterocycles. The largest absolute Gasteiger partial charge is 0.464 e. The van der Waals surface area contributed by atoms with Gasteiger partial charge >= 0.3 is 5.97 Å². The molecule has 0 aliphatic carbocycles. The molecule has 7 nitrogen and oxygen atoms in total. The third kappa shape index (κ3) is 3.80. The number of rotatable bonds is 6. The molecule has 0 fully saturated rings. The van der Waals surface area contributed by atoms with Crippen LogP contribution >= 0.6 is 11.6 Å². The quantitative estimate of drug-likeness (QED) is 0.313. The first-order valence-corrected chi connectivity index (χ1v) is 10.7. The summed E-state index contributed by atoms with van der Waals surface area (Å²) in [6.45, 7) is 9.98. The Balaban J connectivity index is 1.88. The maximum Gasteiger partial charge on any atom is 0.358 e. The molecule has 3 heterocycles. The van der Waals surface area contributed by atoms with Gasteiger partial charge in [-0.15, -0.1) is 0 Å². The number of nitrogens with one attached hydrogen (secondary N) is 1. The Bertz CT molecular complexity index is 1360. The van der Waals surface area contributed by atoms with Gasteiger partial charge in [0.2, 0.25) is 0 Å². The number of fused-ring (bicyclic) bond motifs is 3. The molecule has 1 N–H and O–H groups in total. The van der Waals surface area contributed by atoms with Gasteiger partial charge in [0.25, 0.3) is 0 Å². The van der Waals surface area contributed by atoms with E-state index in [2.05, 4.69) is 35.9 Å². The number of anilines is 1. The zero-order valence-electron chi connectivity index (χ0n) is 18.4. The Morgan fingerprint density at radius 1 is 1.31 bits per heavy atom. The van der Waals surface area contributed by atoms with Crippen LogP contribution in [0.25, 0.3) is 22.6 Å². The number of benzene rings is 1. The number of imidazole rings is 1. The fourth-order valence-electron chi connectivity index (χ4n) is 3.86. The Labute approximate surface area is 191 Å². The van der Waals surface area contributed by atoms with Crippen molar-refractivity contribution in [2.75, 3.05) is 12.4 Å². The van der Waals surface area contributed by atoms with Gasteiger partial charge in [-0.3, -0.25) is 4.40 Å². The highest BCUT2D eigenvalue weighted by Gasteiger charge is 2.20. The number of aromatic nitrogens is 4. The Hall–Kier alpha value is -3.45. The number of aryl methyl sites for hydroxylation is 2. The molecule has 32 heavy (non-hydrogen) atoms. The third-order valence-corrected chi connectivity index (χ3v) is 5.58. The van der Waals surface area contributed by atoms with E-state index < -0.39 is 5.97 Å². The normalized spacial score (nSPS) is 12.2. The molecular formula is C24H24ClN5O2. The molecule has 4 aromatic rings. The van der Waals surface area contributed by atoms with E-state index in [0.29, 0.717) is 5.69 Å². The van der Waals surface area contributed by atoms with Crippen LogP contribution in [0.15, 0.2) is 37.0 Å². The van der Waals surface area contributed by atoms with Crippen LogP contribution < -0.4 is 5.32 Å². The first-order valence-electron chi connectivity index (χ1n) is 10.3. The van der Waals surface area contributed by atoms with E-state index in [9.17, 15) is 4.79 Å². The van der Waals surface area contributed by atoms with Crippen LogP contribution in [0.2, 0.25) is 5.15 Å². The fourth-order valence-corrected chi connectivity index (χ4v) is 4.01. The van der Waals surface area contributed by atoms with Crippen LogP contribution in [0.1, 0.15) is 53.0 Å². The highest BCUT2D eigenvalue weighted by Crippen LogP contribution is 2.31. The number of pyridine rings is 1. The van der Waals surface area contributed by atoms with Crippen LogP contribution in [0.3, 0.4) is 0 Å². The van der Waals surface area contributed by atoms with Gasteiger partial charge in [-0.2, -0.15) is 0 Å². The number of methoxy groups -OCH3 is 1. The SMILES string of the molecule is C=Cc1cn2c(CC)nc3c([C@@H](C)Nc4ccc(Cl)nc4C(=O)OC)cc(C)cc3c2n1. The van der Waals surface area contributed by atoms with Gasteiger partial charge in [0.1, 0.15) is 16.6 Å². The summed E-state index contributed by atoms with van der Waals surface area (Å²) in [4.78, 5) is 26.1. The van der Waals surface area contributed by atoms with Crippen molar-refractivity contribution in [3.8, 4) is 0 Å². The maximum absolute atomic E-state index is 12.2. The Morgan fingerprint density at radius 3 is 2.78 bits per heavy atom. The van der Waals surface area contributed by atoms with Gasteiger partial charge in [0.05, 0.1) is 30.0 Å². The second-order valence-electron chi connectivity index (χ2n) is 7.58. The van der Waals surface area contributed by atoms with Crippen LogP contribution in [-0.2, 0) is 11.2 Å². The number of esters is 1. The smallest absolute Gasteiger partial charge is 0.358 e. The maximum atomic E-state index is 12.2. The Kier molecular flexibility index (Phi) is 5.84. The summed E-state index contributed by atoms with van der Waals surface area (Å²) in [6.07, 6.45) is 4.45. The zero-order valence-corrected chi connectivity index (χ0v) is 19.2. The number of ether oxygens (including phenoxy) is 1. The molecule has 8 heteroatoms. The lowest BCUT2D eigenvalue weighted by atomic mass is 10.0. The third-order valence-electron chi connectivity index (χ3n) is 5.37. The lowest BCUT2D eigenvalue weighted by molar-refractivity contribution is 0.0595. The lowest BCUT2D eigenvalue weighted by Gasteiger charge is -2.20. The molecule has 0 radical (unpaired) electrons. The standard InChI is InChI=1S/C24H24ClN5O2/c1-6-15-12-30-20(7-2)29-21-16(10-13(3)11-17(21)23(30)27-15)14(4)26-18-8-9-19(25)28-22(18)24(31)32-5/h6,8-12,14,26H,1,7H2,2-5H3/t14-/m1/s1. The molecule has 1 atom stereocenters. The lowest BCUT2D eigenvalue weighted by Crippen LogP contribution is -2.14. The molecule has 0 amide bonds. The molecule has 1 aromatic carbocycles. The highest BCUT2D eigenvalue weighted by atomic mass is 35.5. The van der Waals surface area contributed by atoms with Gasteiger partial charge in [0, 0.05) is 23.6 Å². The van der Waals surface area contributed by atoms with Crippen molar-refractivity contribution in [3.63, 3.8) is 0 Å². The molecule has 164 valence electrons. The molecule has 0 bridgehead atoms. The van der Waals surface area contributed by atoms with Gasteiger partial charge in [0.15, 0.2) is 5.69 Å². The van der Waals surface area contributed by atoms with E-state index in [1.807, 2.05) is 24.4 Å². The number of carbonyl (C=O) groups excluding carboxylic acids is 1. The molecule has 0 spiro atoms. The summed E-state index contributed by atoms with van der Waals surface area (Å²) < 4.78 is 6.90. The predicted molar refractivity (Wildman–Crippen MR) is 127 cm³/mol. The molecule has 0 saturated carbocycles. The Morgan fingerprint density at radius 2 is 2.09 bits per heavy atom. The number of nitrogens with zero attached hydrogens (tertiary/aromatic N) is 4. The zero-order chi connectivity index (χ0) is 23.0. The van der Waals surface area contributed by atoms with Gasteiger partial charge in [-0.05, 0) is 43.7 Å². The van der Waals surface area contributed by atoms with Crippen molar-refractivity contribution in [2.24, 2.45) is 0 Å². The van der Waals surface area contributed by atoms with Crippen LogP contribution in [-0.4, -0.2) is 32.4 Å². The minimum Gasteiger partial charge on any atom is -0.464 e. The van der Waals surface area contributed by atoms with E-state index in [1.54, 1.807) is 18.2 Å². The number of hydrogen-bond donors (Lipinski definition) is 1. The van der Waals surface area contributed by atoms with Crippen LogP contribution in [0, 0.1) is 6.92 Å². The van der Waals surface area contributed by atoms with Crippen molar-refractivity contribution < 1.29 is 9.53 Å². The van der Waals surface area contributed by atoms with E-state index >= 15 is 0 Å². The monoisotopic (exact) mass is 449 g/mol. The molecular weight excluding hydrogens is 426 g/mol. The van der Waals surface area contributed by atoms with Crippen molar-refractivity contribution in [2.45, 2.75) is 33.2 Å². The van der Waals surface area contributed by atoms with Gasteiger partial charge in [-0.1, -0.05) is 31.2 Å².